The molecule has 0 amide bonds. The van der Waals surface area contributed by atoms with Crippen LogP contribution in [0, 0.1) is 5.41 Å². The number of ketones is 1. The Morgan fingerprint density at radius 1 is 1.12 bits per heavy atom. The average Bonchev–Trinajstić information content (AvgIpc) is 2.79. The fourth-order valence-corrected chi connectivity index (χ4v) is 3.32. The van der Waals surface area contributed by atoms with Crippen molar-refractivity contribution >= 4 is 23.6 Å². The highest BCUT2D eigenvalue weighted by atomic mass is 16.5. The van der Waals surface area contributed by atoms with Gasteiger partial charge in [0.05, 0.1) is 19.8 Å². The second-order valence-corrected chi connectivity index (χ2v) is 5.82. The average molecular weight is 337 g/mol. The van der Waals surface area contributed by atoms with Gasteiger partial charge in [0.25, 0.3) is 5.90 Å². The van der Waals surface area contributed by atoms with Crippen LogP contribution >= 0.6 is 0 Å². The van der Waals surface area contributed by atoms with E-state index in [1.165, 1.54) is 0 Å². The zero-order chi connectivity index (χ0) is 18.0. The number of carbonyl (C=O) groups excluding carboxylic acids is 3. The topological polar surface area (TPSA) is 91.3 Å². The first-order chi connectivity index (χ1) is 11.4. The summed E-state index contributed by atoms with van der Waals surface area (Å²) in [6, 6.07) is 0. The molecule has 7 heteroatoms. The molecule has 0 fully saturated rings. The van der Waals surface area contributed by atoms with Crippen molar-refractivity contribution in [1.82, 2.24) is 0 Å². The molecule has 1 aliphatic heterocycles. The summed E-state index contributed by atoms with van der Waals surface area (Å²) >= 11 is 0. The smallest absolute Gasteiger partial charge is 0.336 e. The van der Waals surface area contributed by atoms with Gasteiger partial charge in [-0.15, -0.1) is 0 Å². The van der Waals surface area contributed by atoms with Gasteiger partial charge in [-0.1, -0.05) is 11.6 Å². The molecule has 0 bridgehead atoms. The van der Waals surface area contributed by atoms with Crippen LogP contribution in [-0.2, 0) is 28.6 Å². The first-order valence-corrected chi connectivity index (χ1v) is 8.17. The molecule has 0 aromatic rings. The number of hydrogen-bond donors (Lipinski definition) is 0. The highest BCUT2D eigenvalue weighted by molar-refractivity contribution is 6.46. The van der Waals surface area contributed by atoms with E-state index in [-0.39, 0.29) is 38.6 Å². The van der Waals surface area contributed by atoms with Gasteiger partial charge >= 0.3 is 11.9 Å². The number of Topliss-reactive ketones (excluding diaryl/α,β-unsaturated/α-hetero) is 1. The molecule has 0 unspecified atom stereocenters. The van der Waals surface area contributed by atoms with Crippen molar-refractivity contribution in [1.29, 1.82) is 0 Å². The van der Waals surface area contributed by atoms with E-state index < -0.39 is 28.7 Å². The zero-order valence-electron chi connectivity index (χ0n) is 14.5. The van der Waals surface area contributed by atoms with Crippen molar-refractivity contribution in [3.8, 4) is 0 Å². The van der Waals surface area contributed by atoms with Crippen LogP contribution in [0.2, 0.25) is 0 Å². The maximum atomic E-state index is 13.0. The minimum Gasteiger partial charge on any atom is -0.476 e. The predicted molar refractivity (Wildman–Crippen MR) is 85.5 cm³/mol. The number of hydrogen-bond acceptors (Lipinski definition) is 7. The minimum atomic E-state index is -1.75. The van der Waals surface area contributed by atoms with E-state index in [1.54, 1.807) is 26.8 Å². The highest BCUT2D eigenvalue weighted by Gasteiger charge is 2.73. The molecule has 0 aromatic heterocycles. The van der Waals surface area contributed by atoms with Gasteiger partial charge in [-0.2, -0.15) is 0 Å². The lowest BCUT2D eigenvalue weighted by molar-refractivity contribution is -0.173. The number of ether oxygens (including phenoxy) is 3. The van der Waals surface area contributed by atoms with Gasteiger partial charge in [-0.3, -0.25) is 9.59 Å². The second kappa shape index (κ2) is 6.75. The molecule has 1 aliphatic carbocycles. The molecule has 7 nitrogen and oxygen atoms in total. The summed E-state index contributed by atoms with van der Waals surface area (Å²) in [6.45, 7) is 7.24. The van der Waals surface area contributed by atoms with Gasteiger partial charge in [0.2, 0.25) is 5.78 Å². The Morgan fingerprint density at radius 3 is 2.33 bits per heavy atom. The SMILES string of the molecule is CCOC(=O)[C@]12CC(C)=CC[C@@]1(C(=O)OCC)N=C(OCC)C2=O. The molecule has 0 radical (unpaired) electrons. The fraction of sp³-hybridized carbons (Fsp3) is 0.647. The lowest BCUT2D eigenvalue weighted by Gasteiger charge is -2.40. The standard InChI is InChI=1S/C17H23NO6/c1-5-22-13-12(19)16(14(20)23-6-2)10-11(4)8-9-17(16,18-13)15(21)24-7-3/h8H,5-7,9-10H2,1-4H3/t16-,17+/m1/s1. The van der Waals surface area contributed by atoms with Crippen LogP contribution in [0.15, 0.2) is 16.6 Å². The lowest BCUT2D eigenvalue weighted by atomic mass is 9.61. The van der Waals surface area contributed by atoms with Crippen LogP contribution < -0.4 is 0 Å². The van der Waals surface area contributed by atoms with Crippen LogP contribution in [0.3, 0.4) is 0 Å². The third-order valence-corrected chi connectivity index (χ3v) is 4.39. The van der Waals surface area contributed by atoms with Crippen molar-refractivity contribution in [2.45, 2.75) is 46.1 Å². The molecule has 0 saturated carbocycles. The van der Waals surface area contributed by atoms with Crippen molar-refractivity contribution in [3.63, 3.8) is 0 Å². The molecular weight excluding hydrogens is 314 g/mol. The van der Waals surface area contributed by atoms with Crippen LogP contribution in [0.1, 0.15) is 40.5 Å². The maximum absolute atomic E-state index is 13.0. The zero-order valence-corrected chi connectivity index (χ0v) is 14.5. The minimum absolute atomic E-state index is 0.0591. The summed E-state index contributed by atoms with van der Waals surface area (Å²) in [5, 5.41) is 0. The van der Waals surface area contributed by atoms with Crippen molar-refractivity contribution in [2.75, 3.05) is 19.8 Å². The molecule has 0 saturated heterocycles. The summed E-state index contributed by atoms with van der Waals surface area (Å²) in [6.07, 6.45) is 1.96. The molecule has 0 N–H and O–H groups in total. The number of nitrogens with zero attached hydrogens (tertiary/aromatic N) is 1. The Hall–Kier alpha value is -2.18. The van der Waals surface area contributed by atoms with Gasteiger partial charge in [0, 0.05) is 6.42 Å². The van der Waals surface area contributed by atoms with E-state index in [4.69, 9.17) is 14.2 Å². The summed E-state index contributed by atoms with van der Waals surface area (Å²) in [5.74, 6) is -2.27. The summed E-state index contributed by atoms with van der Waals surface area (Å²) < 4.78 is 15.6. The Balaban J connectivity index is 2.66. The Morgan fingerprint density at radius 2 is 1.75 bits per heavy atom. The first-order valence-electron chi connectivity index (χ1n) is 8.17. The number of esters is 2. The molecule has 24 heavy (non-hydrogen) atoms. The van der Waals surface area contributed by atoms with Crippen molar-refractivity contribution in [2.24, 2.45) is 10.4 Å². The number of aliphatic imine (C=N–C) groups is 1. The normalized spacial score (nSPS) is 28.6. The Kier molecular flexibility index (Phi) is 5.11. The van der Waals surface area contributed by atoms with Gasteiger partial charge < -0.3 is 14.2 Å². The van der Waals surface area contributed by atoms with E-state index in [9.17, 15) is 14.4 Å². The fourth-order valence-electron chi connectivity index (χ4n) is 3.32. The summed E-state index contributed by atoms with van der Waals surface area (Å²) in [5.41, 5.74) is -2.58. The highest BCUT2D eigenvalue weighted by Crippen LogP contribution is 2.52. The van der Waals surface area contributed by atoms with Crippen molar-refractivity contribution in [3.05, 3.63) is 11.6 Å². The quantitative estimate of drug-likeness (QED) is 0.430. The van der Waals surface area contributed by atoms with Crippen LogP contribution in [0.25, 0.3) is 0 Å². The van der Waals surface area contributed by atoms with E-state index in [1.807, 2.05) is 6.92 Å². The van der Waals surface area contributed by atoms with Crippen molar-refractivity contribution < 1.29 is 28.6 Å². The van der Waals surface area contributed by atoms with Crippen LogP contribution in [0.5, 0.6) is 0 Å². The molecule has 2 rings (SSSR count). The van der Waals surface area contributed by atoms with Gasteiger partial charge in [0.15, 0.2) is 11.0 Å². The van der Waals surface area contributed by atoms with E-state index in [0.717, 1.165) is 5.57 Å². The van der Waals surface area contributed by atoms with E-state index in [2.05, 4.69) is 4.99 Å². The molecule has 132 valence electrons. The largest absolute Gasteiger partial charge is 0.476 e. The molecule has 2 atom stereocenters. The van der Waals surface area contributed by atoms with Crippen LogP contribution in [-0.4, -0.2) is 49.0 Å². The molecule has 2 aliphatic rings. The Bertz CT molecular complexity index is 623. The lowest BCUT2D eigenvalue weighted by Crippen LogP contribution is -2.60. The number of rotatable bonds is 5. The summed E-state index contributed by atoms with van der Waals surface area (Å²) in [4.78, 5) is 42.9. The number of fused-ring (bicyclic) bond motifs is 1. The van der Waals surface area contributed by atoms with Gasteiger partial charge in [-0.05, 0) is 34.1 Å². The molecule has 1 heterocycles. The summed E-state index contributed by atoms with van der Waals surface area (Å²) in [7, 11) is 0. The molecule has 0 aromatic carbocycles. The van der Waals surface area contributed by atoms with Gasteiger partial charge in [-0.25, -0.2) is 9.79 Å². The maximum Gasteiger partial charge on any atom is 0.336 e. The third kappa shape index (κ3) is 2.42. The molecule has 0 spiro atoms. The number of allylic oxidation sites excluding steroid dienone is 1. The monoisotopic (exact) mass is 337 g/mol. The first kappa shape index (κ1) is 18.2. The second-order valence-electron chi connectivity index (χ2n) is 5.82. The van der Waals surface area contributed by atoms with E-state index >= 15 is 0 Å². The van der Waals surface area contributed by atoms with E-state index in [0.29, 0.717) is 0 Å². The van der Waals surface area contributed by atoms with Crippen LogP contribution in [0.4, 0.5) is 0 Å². The number of carbonyl (C=O) groups is 3. The molecular formula is C17H23NO6. The van der Waals surface area contributed by atoms with Gasteiger partial charge in [0.1, 0.15) is 0 Å². The predicted octanol–water partition coefficient (Wildman–Crippen LogP) is 1.60. The third-order valence-electron chi connectivity index (χ3n) is 4.39. The Labute approximate surface area is 141 Å².